The van der Waals surface area contributed by atoms with Gasteiger partial charge in [-0.05, 0) is 19.3 Å². The lowest BCUT2D eigenvalue weighted by molar-refractivity contribution is -0.898. The van der Waals surface area contributed by atoms with Crippen molar-refractivity contribution in [3.63, 3.8) is 0 Å². The first kappa shape index (κ1) is 30.1. The number of phosphoric acid groups is 1. The highest BCUT2D eigenvalue weighted by Crippen LogP contribution is 2.44. The Kier molecular flexibility index (Phi) is 17.3. The van der Waals surface area contributed by atoms with Crippen LogP contribution in [0.2, 0.25) is 0 Å². The van der Waals surface area contributed by atoms with Gasteiger partial charge in [0.1, 0.15) is 0 Å². The van der Waals surface area contributed by atoms with Crippen LogP contribution in [0.3, 0.4) is 0 Å². The predicted octanol–water partition coefficient (Wildman–Crippen LogP) is 7.87. The van der Waals surface area contributed by atoms with Crippen LogP contribution in [0.15, 0.2) is 0 Å². The molecule has 0 amide bonds. The van der Waals surface area contributed by atoms with Gasteiger partial charge in [0.25, 0.3) is 0 Å². The van der Waals surface area contributed by atoms with Crippen molar-refractivity contribution in [1.29, 1.82) is 0 Å². The third kappa shape index (κ3) is 17.5. The Morgan fingerprint density at radius 3 is 1.72 bits per heavy atom. The molecule has 0 radical (unpaired) electrons. The quantitative estimate of drug-likeness (QED) is 0.104. The van der Waals surface area contributed by atoms with E-state index in [1.54, 1.807) is 0 Å². The summed E-state index contributed by atoms with van der Waals surface area (Å²) >= 11 is 0. The third-order valence-corrected chi connectivity index (χ3v) is 7.84. The Hall–Kier alpha value is 0.0700. The summed E-state index contributed by atoms with van der Waals surface area (Å²) in [4.78, 5) is 9.91. The summed E-state index contributed by atoms with van der Waals surface area (Å²) in [6.07, 6.45) is 23.3. The van der Waals surface area contributed by atoms with E-state index < -0.39 is 7.82 Å². The molecule has 1 aliphatic heterocycles. The number of phosphoric ester groups is 1. The summed E-state index contributed by atoms with van der Waals surface area (Å²) in [7, 11) is 0.516. The van der Waals surface area contributed by atoms with Crippen LogP contribution < -0.4 is 0 Å². The normalized spacial score (nSPS) is 20.3. The van der Waals surface area contributed by atoms with Gasteiger partial charge in [-0.3, -0.25) is 9.05 Å². The summed E-state index contributed by atoms with van der Waals surface area (Å²) in [5.41, 5.74) is 0. The van der Waals surface area contributed by atoms with E-state index in [0.717, 1.165) is 36.7 Å². The number of hydrogen-bond acceptors (Lipinski definition) is 3. The van der Waals surface area contributed by atoms with Crippen LogP contribution in [-0.4, -0.2) is 49.8 Å². The minimum Gasteiger partial charge on any atom is -0.328 e. The van der Waals surface area contributed by atoms with E-state index in [9.17, 15) is 9.46 Å². The van der Waals surface area contributed by atoms with E-state index in [1.165, 1.54) is 96.4 Å². The van der Waals surface area contributed by atoms with Gasteiger partial charge in [0.05, 0.1) is 40.4 Å². The van der Waals surface area contributed by atoms with Gasteiger partial charge < -0.3 is 9.38 Å². The molecule has 0 aromatic rings. The van der Waals surface area contributed by atoms with Crippen molar-refractivity contribution in [2.45, 2.75) is 122 Å². The summed E-state index contributed by atoms with van der Waals surface area (Å²) < 4.78 is 23.5. The first-order chi connectivity index (χ1) is 15.3. The number of hydrogen-bond donors (Lipinski definition) is 1. The molecule has 0 aromatic heterocycles. The molecule has 1 fully saturated rings. The highest BCUT2D eigenvalue weighted by molar-refractivity contribution is 7.47. The smallest absolute Gasteiger partial charge is 0.328 e. The van der Waals surface area contributed by atoms with Crippen LogP contribution in [0.1, 0.15) is 122 Å². The highest BCUT2D eigenvalue weighted by Gasteiger charge is 2.30. The Labute approximate surface area is 199 Å². The van der Waals surface area contributed by atoms with Crippen molar-refractivity contribution < 1.29 is 23.0 Å². The lowest BCUT2D eigenvalue weighted by Crippen LogP contribution is -2.48. The molecule has 2 unspecified atom stereocenters. The molecule has 1 aliphatic rings. The van der Waals surface area contributed by atoms with Crippen molar-refractivity contribution in [3.05, 3.63) is 0 Å². The molecular formula is C26H55NO4P+. The topological polar surface area (TPSA) is 55.8 Å². The second-order valence-electron chi connectivity index (χ2n) is 10.8. The van der Waals surface area contributed by atoms with Crippen LogP contribution in [0, 0.1) is 5.92 Å². The Bertz CT molecular complexity index is 486. The third-order valence-electron chi connectivity index (χ3n) is 6.85. The van der Waals surface area contributed by atoms with Crippen LogP contribution in [0.25, 0.3) is 0 Å². The van der Waals surface area contributed by atoms with Crippen LogP contribution in [-0.2, 0) is 13.6 Å². The minimum absolute atomic E-state index is 0.318. The van der Waals surface area contributed by atoms with E-state index in [2.05, 4.69) is 21.0 Å². The molecule has 0 saturated carbocycles. The highest BCUT2D eigenvalue weighted by atomic mass is 31.2. The van der Waals surface area contributed by atoms with E-state index in [4.69, 9.17) is 9.05 Å². The average Bonchev–Trinajstić information content (AvgIpc) is 2.74. The molecule has 2 atom stereocenters. The predicted molar refractivity (Wildman–Crippen MR) is 136 cm³/mol. The first-order valence-corrected chi connectivity index (χ1v) is 15.3. The molecule has 1 heterocycles. The molecule has 0 aliphatic carbocycles. The number of likely N-dealkylation sites (tertiary alicyclic amines) is 1. The lowest BCUT2D eigenvalue weighted by Gasteiger charge is -2.37. The van der Waals surface area contributed by atoms with Gasteiger partial charge in [-0.25, -0.2) is 4.57 Å². The molecule has 0 spiro atoms. The first-order valence-electron chi connectivity index (χ1n) is 13.8. The Balaban J connectivity index is 1.84. The van der Waals surface area contributed by atoms with Crippen molar-refractivity contribution in [2.75, 3.05) is 40.4 Å². The second kappa shape index (κ2) is 18.4. The van der Waals surface area contributed by atoms with Crippen molar-refractivity contribution in [1.82, 2.24) is 0 Å². The second-order valence-corrected chi connectivity index (χ2v) is 12.2. The van der Waals surface area contributed by atoms with E-state index in [1.807, 2.05) is 0 Å². The molecule has 1 N–H and O–H groups in total. The lowest BCUT2D eigenvalue weighted by atomic mass is 9.98. The number of nitrogens with zero attached hydrogens (tertiary/aromatic N) is 1. The molecule has 192 valence electrons. The molecule has 0 bridgehead atoms. The fraction of sp³-hybridized carbons (Fsp3) is 1.00. The maximum atomic E-state index is 12.1. The van der Waals surface area contributed by atoms with Crippen LogP contribution in [0.5, 0.6) is 0 Å². The standard InChI is InChI=1S/C26H54NO4P/c1-4-5-6-7-8-9-10-11-12-13-14-15-16-17-18-19-23-30-32(28,29)31-25-26-21-20-22-27(2,3)24-26/h26H,4-25H2,1-3H3/p+1. The fourth-order valence-corrected chi connectivity index (χ4v) is 5.73. The van der Waals surface area contributed by atoms with Gasteiger partial charge in [0.2, 0.25) is 0 Å². The molecule has 5 nitrogen and oxygen atoms in total. The zero-order valence-corrected chi connectivity index (χ0v) is 22.6. The van der Waals surface area contributed by atoms with Crippen LogP contribution in [0.4, 0.5) is 0 Å². The van der Waals surface area contributed by atoms with E-state index >= 15 is 0 Å². The number of quaternary nitrogens is 1. The van der Waals surface area contributed by atoms with Gasteiger partial charge in [-0.1, -0.05) is 103 Å². The maximum Gasteiger partial charge on any atom is 0.472 e. The van der Waals surface area contributed by atoms with Crippen molar-refractivity contribution in [2.24, 2.45) is 5.92 Å². The summed E-state index contributed by atoms with van der Waals surface area (Å²) in [5.74, 6) is 0.346. The largest absolute Gasteiger partial charge is 0.472 e. The molecule has 32 heavy (non-hydrogen) atoms. The van der Waals surface area contributed by atoms with Gasteiger partial charge >= 0.3 is 7.82 Å². The molecule has 0 aromatic carbocycles. The number of rotatable bonds is 21. The zero-order chi connectivity index (χ0) is 23.5. The van der Waals surface area contributed by atoms with Crippen molar-refractivity contribution >= 4 is 7.82 Å². The monoisotopic (exact) mass is 476 g/mol. The van der Waals surface area contributed by atoms with E-state index in [0.29, 0.717) is 19.1 Å². The molecular weight excluding hydrogens is 421 g/mol. The van der Waals surface area contributed by atoms with Gasteiger partial charge in [0, 0.05) is 5.92 Å². The SMILES string of the molecule is CCCCCCCCCCCCCCCCCCOP(=O)(O)OCC1CCC[N+](C)(C)C1. The molecule has 6 heteroatoms. The molecule has 1 rings (SSSR count). The van der Waals surface area contributed by atoms with E-state index in [-0.39, 0.29) is 0 Å². The zero-order valence-electron chi connectivity index (χ0n) is 21.7. The summed E-state index contributed by atoms with van der Waals surface area (Å²) in [5, 5.41) is 0. The fourth-order valence-electron chi connectivity index (χ4n) is 4.89. The summed E-state index contributed by atoms with van der Waals surface area (Å²) in [6, 6.07) is 0. The number of piperidine rings is 1. The van der Waals surface area contributed by atoms with Gasteiger partial charge in [-0.2, -0.15) is 0 Å². The van der Waals surface area contributed by atoms with Crippen molar-refractivity contribution in [3.8, 4) is 0 Å². The number of unbranched alkanes of at least 4 members (excludes halogenated alkanes) is 15. The minimum atomic E-state index is -3.90. The van der Waals surface area contributed by atoms with Gasteiger partial charge in [0.15, 0.2) is 0 Å². The maximum absolute atomic E-state index is 12.1. The van der Waals surface area contributed by atoms with Crippen LogP contribution >= 0.6 is 7.82 Å². The Morgan fingerprint density at radius 1 is 0.781 bits per heavy atom. The Morgan fingerprint density at radius 2 is 1.25 bits per heavy atom. The van der Waals surface area contributed by atoms with Gasteiger partial charge in [-0.15, -0.1) is 0 Å². The summed E-state index contributed by atoms with van der Waals surface area (Å²) in [6.45, 7) is 5.09. The molecule has 1 saturated heterocycles. The average molecular weight is 477 g/mol.